The molecule has 5 rings (SSSR count). The summed E-state index contributed by atoms with van der Waals surface area (Å²) in [6.07, 6.45) is 1.45. The number of imide groups is 2. The molecular formula is C29H20Br2N2O4. The standard InChI is InChI=1S/C29H20Br2N2O4/c1-17-6-7-18-4-2-3-5-23(18)25(17)16-37-26-13-10-21(31)14-19(26)15-24-27(34)32-29(36)33(28(24)35)22-11-8-20(30)9-12-22/h2-15H,16H2,1H3,(H,32,34,36)/b24-15+. The van der Waals surface area contributed by atoms with Crippen LogP contribution in [0.15, 0.2) is 93.4 Å². The number of aryl methyl sites for hydroxylation is 1. The first-order valence-corrected chi connectivity index (χ1v) is 13.0. The predicted octanol–water partition coefficient (Wildman–Crippen LogP) is 6.92. The van der Waals surface area contributed by atoms with Crippen molar-refractivity contribution < 1.29 is 19.1 Å². The highest BCUT2D eigenvalue weighted by molar-refractivity contribution is 9.10. The molecule has 6 nitrogen and oxygen atoms in total. The first-order chi connectivity index (χ1) is 17.8. The van der Waals surface area contributed by atoms with E-state index in [0.29, 0.717) is 23.6 Å². The van der Waals surface area contributed by atoms with Crippen LogP contribution in [0, 0.1) is 6.92 Å². The molecule has 4 amide bonds. The number of hydrogen-bond donors (Lipinski definition) is 1. The van der Waals surface area contributed by atoms with E-state index in [9.17, 15) is 14.4 Å². The molecule has 0 atom stereocenters. The fourth-order valence-corrected chi connectivity index (χ4v) is 4.83. The lowest BCUT2D eigenvalue weighted by Gasteiger charge is -2.26. The van der Waals surface area contributed by atoms with E-state index in [0.717, 1.165) is 35.7 Å². The van der Waals surface area contributed by atoms with Gasteiger partial charge in [0.05, 0.1) is 5.69 Å². The zero-order valence-corrected chi connectivity index (χ0v) is 22.8. The third kappa shape index (κ3) is 5.08. The minimum atomic E-state index is -0.799. The predicted molar refractivity (Wildman–Crippen MR) is 150 cm³/mol. The van der Waals surface area contributed by atoms with E-state index >= 15 is 0 Å². The molecule has 0 spiro atoms. The lowest BCUT2D eigenvalue weighted by molar-refractivity contribution is -0.122. The van der Waals surface area contributed by atoms with Crippen LogP contribution < -0.4 is 15.0 Å². The highest BCUT2D eigenvalue weighted by Gasteiger charge is 2.37. The Morgan fingerprint density at radius 1 is 0.892 bits per heavy atom. The zero-order valence-electron chi connectivity index (χ0n) is 19.6. The quantitative estimate of drug-likeness (QED) is 0.194. The zero-order chi connectivity index (χ0) is 26.1. The van der Waals surface area contributed by atoms with E-state index in [4.69, 9.17) is 4.74 Å². The van der Waals surface area contributed by atoms with Gasteiger partial charge in [0.25, 0.3) is 11.8 Å². The Morgan fingerprint density at radius 2 is 1.62 bits per heavy atom. The van der Waals surface area contributed by atoms with Crippen LogP contribution >= 0.6 is 31.9 Å². The smallest absolute Gasteiger partial charge is 0.335 e. The molecule has 1 fully saturated rings. The molecule has 0 unspecified atom stereocenters. The summed E-state index contributed by atoms with van der Waals surface area (Å²) >= 11 is 6.80. The minimum absolute atomic E-state index is 0.174. The largest absolute Gasteiger partial charge is 0.488 e. The molecule has 1 saturated heterocycles. The van der Waals surface area contributed by atoms with Crippen molar-refractivity contribution in [1.29, 1.82) is 0 Å². The molecule has 0 radical (unpaired) electrons. The molecule has 4 aromatic rings. The minimum Gasteiger partial charge on any atom is -0.488 e. The number of fused-ring (bicyclic) bond motifs is 1. The van der Waals surface area contributed by atoms with Gasteiger partial charge in [-0.05, 0) is 71.8 Å². The summed E-state index contributed by atoms with van der Waals surface area (Å²) in [6, 6.07) is 23.5. The first kappa shape index (κ1) is 24.9. The second kappa shape index (κ2) is 10.3. The Bertz CT molecular complexity index is 1600. The van der Waals surface area contributed by atoms with Crippen molar-refractivity contribution in [2.24, 2.45) is 0 Å². The number of benzene rings is 4. The maximum absolute atomic E-state index is 13.3. The number of anilines is 1. The molecule has 0 aliphatic carbocycles. The normalized spacial score (nSPS) is 14.8. The third-order valence-electron chi connectivity index (χ3n) is 6.10. The fraction of sp³-hybridized carbons (Fsp3) is 0.0690. The third-order valence-corrected chi connectivity index (χ3v) is 7.13. The highest BCUT2D eigenvalue weighted by Crippen LogP contribution is 2.30. The van der Waals surface area contributed by atoms with Gasteiger partial charge in [-0.2, -0.15) is 0 Å². The van der Waals surface area contributed by atoms with E-state index in [-0.39, 0.29) is 5.57 Å². The Hall–Kier alpha value is -3.75. The second-order valence-corrected chi connectivity index (χ2v) is 10.3. The summed E-state index contributed by atoms with van der Waals surface area (Å²) < 4.78 is 7.78. The van der Waals surface area contributed by atoms with Gasteiger partial charge in [-0.15, -0.1) is 0 Å². The van der Waals surface area contributed by atoms with Crippen molar-refractivity contribution in [3.05, 3.63) is 110 Å². The summed E-state index contributed by atoms with van der Waals surface area (Å²) in [5.41, 5.74) is 2.85. The number of amides is 4. The average molecular weight is 620 g/mol. The number of carbonyl (C=O) groups is 3. The molecule has 1 N–H and O–H groups in total. The van der Waals surface area contributed by atoms with Gasteiger partial charge < -0.3 is 4.74 Å². The number of urea groups is 1. The maximum atomic E-state index is 13.3. The van der Waals surface area contributed by atoms with Crippen LogP contribution in [0.1, 0.15) is 16.7 Å². The van der Waals surface area contributed by atoms with Crippen LogP contribution in [0.5, 0.6) is 5.75 Å². The van der Waals surface area contributed by atoms with Crippen molar-refractivity contribution in [2.45, 2.75) is 13.5 Å². The van der Waals surface area contributed by atoms with Crippen LogP contribution in [0.25, 0.3) is 16.8 Å². The Morgan fingerprint density at radius 3 is 2.41 bits per heavy atom. The van der Waals surface area contributed by atoms with Gasteiger partial charge in [0, 0.05) is 20.1 Å². The molecule has 37 heavy (non-hydrogen) atoms. The molecule has 4 aromatic carbocycles. The van der Waals surface area contributed by atoms with E-state index in [1.54, 1.807) is 36.4 Å². The van der Waals surface area contributed by atoms with Crippen molar-refractivity contribution in [1.82, 2.24) is 5.32 Å². The van der Waals surface area contributed by atoms with E-state index in [1.807, 2.05) is 25.1 Å². The summed E-state index contributed by atoms with van der Waals surface area (Å²) in [7, 11) is 0. The fourth-order valence-electron chi connectivity index (χ4n) is 4.19. The number of rotatable bonds is 5. The molecule has 8 heteroatoms. The molecule has 0 saturated carbocycles. The van der Waals surface area contributed by atoms with E-state index < -0.39 is 17.8 Å². The van der Waals surface area contributed by atoms with Gasteiger partial charge in [0.1, 0.15) is 17.9 Å². The van der Waals surface area contributed by atoms with Gasteiger partial charge in [0.2, 0.25) is 0 Å². The van der Waals surface area contributed by atoms with Crippen LogP contribution in [0.3, 0.4) is 0 Å². The molecule has 0 bridgehead atoms. The van der Waals surface area contributed by atoms with Crippen molar-refractivity contribution in [3.8, 4) is 5.75 Å². The molecule has 184 valence electrons. The monoisotopic (exact) mass is 618 g/mol. The van der Waals surface area contributed by atoms with E-state index in [1.165, 1.54) is 6.08 Å². The second-order valence-electron chi connectivity index (χ2n) is 8.49. The van der Waals surface area contributed by atoms with Gasteiger partial charge >= 0.3 is 6.03 Å². The Labute approximate surface area is 230 Å². The summed E-state index contributed by atoms with van der Waals surface area (Å²) in [4.78, 5) is 39.5. The number of ether oxygens (including phenoxy) is 1. The first-order valence-electron chi connectivity index (χ1n) is 11.4. The molecule has 0 aromatic heterocycles. The van der Waals surface area contributed by atoms with Crippen molar-refractivity contribution in [2.75, 3.05) is 4.90 Å². The van der Waals surface area contributed by atoms with Gasteiger partial charge in [-0.25, -0.2) is 9.69 Å². The number of barbiturate groups is 1. The van der Waals surface area contributed by atoms with Crippen LogP contribution in [-0.2, 0) is 16.2 Å². The number of nitrogens with zero attached hydrogens (tertiary/aromatic N) is 1. The lowest BCUT2D eigenvalue weighted by Crippen LogP contribution is -2.54. The van der Waals surface area contributed by atoms with Gasteiger partial charge in [-0.3, -0.25) is 14.9 Å². The van der Waals surface area contributed by atoms with Crippen LogP contribution in [0.4, 0.5) is 10.5 Å². The van der Waals surface area contributed by atoms with Gasteiger partial charge in [-0.1, -0.05) is 68.3 Å². The molecule has 1 heterocycles. The topological polar surface area (TPSA) is 75.7 Å². The summed E-state index contributed by atoms with van der Waals surface area (Å²) in [5, 5.41) is 4.48. The summed E-state index contributed by atoms with van der Waals surface area (Å²) in [6.45, 7) is 2.34. The Balaban J connectivity index is 1.49. The maximum Gasteiger partial charge on any atom is 0.335 e. The van der Waals surface area contributed by atoms with Gasteiger partial charge in [0.15, 0.2) is 0 Å². The SMILES string of the molecule is Cc1ccc2ccccc2c1COc1ccc(Br)cc1/C=C1\C(=O)NC(=O)N(c2ccc(Br)cc2)C1=O. The van der Waals surface area contributed by atoms with E-state index in [2.05, 4.69) is 61.4 Å². The lowest BCUT2D eigenvalue weighted by atomic mass is 10.0. The van der Waals surface area contributed by atoms with Crippen LogP contribution in [-0.4, -0.2) is 17.8 Å². The average Bonchev–Trinajstić information content (AvgIpc) is 2.88. The molecule has 1 aliphatic rings. The molecular weight excluding hydrogens is 600 g/mol. The van der Waals surface area contributed by atoms with Crippen molar-refractivity contribution >= 4 is 72.2 Å². The highest BCUT2D eigenvalue weighted by atomic mass is 79.9. The molecule has 1 aliphatic heterocycles. The number of nitrogens with one attached hydrogen (secondary N) is 1. The van der Waals surface area contributed by atoms with Crippen molar-refractivity contribution in [3.63, 3.8) is 0 Å². The number of hydrogen-bond acceptors (Lipinski definition) is 4. The summed E-state index contributed by atoms with van der Waals surface area (Å²) in [5.74, 6) is -0.984. The Kier molecular flexibility index (Phi) is 6.95. The number of carbonyl (C=O) groups excluding carboxylic acids is 3. The van der Waals surface area contributed by atoms with Crippen LogP contribution in [0.2, 0.25) is 0 Å². The number of halogens is 2.